The highest BCUT2D eigenvalue weighted by Crippen LogP contribution is 2.34. The topological polar surface area (TPSA) is 55.8 Å². The van der Waals surface area contributed by atoms with Gasteiger partial charge in [0.15, 0.2) is 6.79 Å². The molecule has 0 aromatic heterocycles. The number of hydrogen-bond donors (Lipinski definition) is 1. The van der Waals surface area contributed by atoms with Crippen LogP contribution in [0.3, 0.4) is 0 Å². The Balaban J connectivity index is 3.35. The highest BCUT2D eigenvalue weighted by atomic mass is 127. The van der Waals surface area contributed by atoms with E-state index in [2.05, 4.69) is 0 Å². The van der Waals surface area contributed by atoms with Gasteiger partial charge in [0, 0.05) is 7.11 Å². The fourth-order valence-corrected chi connectivity index (χ4v) is 2.55. The number of hydrogen-bond acceptors (Lipinski definition) is 4. The maximum atomic E-state index is 12.0. The van der Waals surface area contributed by atoms with E-state index in [1.165, 1.54) is 7.11 Å². The summed E-state index contributed by atoms with van der Waals surface area (Å²) in [6.45, 7) is 5.50. The van der Waals surface area contributed by atoms with Crippen molar-refractivity contribution in [1.29, 1.82) is 0 Å². The van der Waals surface area contributed by atoms with Crippen molar-refractivity contribution < 1.29 is 19.4 Å². The van der Waals surface area contributed by atoms with E-state index < -0.39 is 5.97 Å². The molecule has 5 heteroatoms. The minimum absolute atomic E-state index is 0.0728. The number of esters is 1. The molecule has 0 spiro atoms. The van der Waals surface area contributed by atoms with E-state index in [-0.39, 0.29) is 12.5 Å². The Labute approximate surface area is 120 Å². The molecule has 1 aromatic carbocycles. The van der Waals surface area contributed by atoms with E-state index in [1.807, 2.05) is 36.4 Å². The normalized spacial score (nSPS) is 10.5. The third-order valence-corrected chi connectivity index (χ3v) is 4.21. The largest absolute Gasteiger partial charge is 0.507 e. The van der Waals surface area contributed by atoms with Crippen LogP contribution < -0.4 is 0 Å². The lowest BCUT2D eigenvalue weighted by Gasteiger charge is -2.16. The van der Waals surface area contributed by atoms with Crippen molar-refractivity contribution in [2.75, 3.05) is 13.9 Å². The van der Waals surface area contributed by atoms with Crippen LogP contribution in [0, 0.1) is 17.4 Å². The number of methoxy groups -OCH3 is 1. The van der Waals surface area contributed by atoms with Gasteiger partial charge in [-0.25, -0.2) is 4.79 Å². The Morgan fingerprint density at radius 3 is 2.44 bits per heavy atom. The second-order valence-electron chi connectivity index (χ2n) is 3.96. The molecular formula is C13H17IO4. The number of rotatable bonds is 4. The molecule has 0 aliphatic carbocycles. The maximum Gasteiger partial charge on any atom is 0.340 e. The Hall–Kier alpha value is -0.820. The van der Waals surface area contributed by atoms with Gasteiger partial charge >= 0.3 is 5.97 Å². The standard InChI is InChI=1S/C13H17IO4/c1-5-9-7(2)10(13(16)18-6-17-4)8(3)11(14)12(9)15/h15H,5-6H2,1-4H3. The molecule has 0 saturated carbocycles. The molecule has 1 aromatic rings. The number of carbonyl (C=O) groups excluding carboxylic acids is 1. The molecule has 0 atom stereocenters. The number of phenolic OH excluding ortho intramolecular Hbond substituents is 1. The van der Waals surface area contributed by atoms with Gasteiger partial charge in [0.05, 0.1) is 9.13 Å². The first kappa shape index (κ1) is 15.2. The summed E-state index contributed by atoms with van der Waals surface area (Å²) in [5, 5.41) is 10.1. The summed E-state index contributed by atoms with van der Waals surface area (Å²) in [7, 11) is 1.46. The van der Waals surface area contributed by atoms with Crippen molar-refractivity contribution in [2.24, 2.45) is 0 Å². The fourth-order valence-electron chi connectivity index (χ4n) is 1.95. The second-order valence-corrected chi connectivity index (χ2v) is 5.04. The van der Waals surface area contributed by atoms with Gasteiger partial charge in [0.1, 0.15) is 5.75 Å². The molecular weight excluding hydrogens is 347 g/mol. The van der Waals surface area contributed by atoms with Gasteiger partial charge < -0.3 is 14.6 Å². The summed E-state index contributed by atoms with van der Waals surface area (Å²) in [5.74, 6) is -0.157. The molecule has 0 fully saturated rings. The Morgan fingerprint density at radius 2 is 1.94 bits per heavy atom. The summed E-state index contributed by atoms with van der Waals surface area (Å²) in [6.07, 6.45) is 0.665. The van der Waals surface area contributed by atoms with Crippen LogP contribution in [0.25, 0.3) is 0 Å². The molecule has 0 bridgehead atoms. The van der Waals surface area contributed by atoms with E-state index in [1.54, 1.807) is 6.92 Å². The molecule has 0 aliphatic rings. The minimum atomic E-state index is -0.417. The zero-order valence-corrected chi connectivity index (χ0v) is 13.1. The van der Waals surface area contributed by atoms with E-state index in [9.17, 15) is 9.90 Å². The lowest BCUT2D eigenvalue weighted by atomic mass is 9.95. The average molecular weight is 364 g/mol. The van der Waals surface area contributed by atoms with Crippen LogP contribution in [-0.2, 0) is 15.9 Å². The number of carbonyl (C=O) groups is 1. The maximum absolute atomic E-state index is 12.0. The van der Waals surface area contributed by atoms with Crippen molar-refractivity contribution in [3.63, 3.8) is 0 Å². The van der Waals surface area contributed by atoms with Crippen LogP contribution >= 0.6 is 22.6 Å². The molecule has 0 amide bonds. The van der Waals surface area contributed by atoms with Gasteiger partial charge in [-0.2, -0.15) is 0 Å². The van der Waals surface area contributed by atoms with Gasteiger partial charge in [-0.05, 0) is 59.5 Å². The minimum Gasteiger partial charge on any atom is -0.507 e. The molecule has 1 rings (SSSR count). The molecule has 0 saturated heterocycles. The summed E-state index contributed by atoms with van der Waals surface area (Å²) in [6, 6.07) is 0. The monoisotopic (exact) mass is 364 g/mol. The second kappa shape index (κ2) is 6.38. The van der Waals surface area contributed by atoms with Crippen LogP contribution in [0.4, 0.5) is 0 Å². The summed E-state index contributed by atoms with van der Waals surface area (Å²) in [4.78, 5) is 12.0. The molecule has 4 nitrogen and oxygen atoms in total. The van der Waals surface area contributed by atoms with Crippen molar-refractivity contribution in [2.45, 2.75) is 27.2 Å². The van der Waals surface area contributed by atoms with Gasteiger partial charge in [-0.15, -0.1) is 0 Å². The number of benzene rings is 1. The summed E-state index contributed by atoms with van der Waals surface area (Å²) >= 11 is 2.04. The van der Waals surface area contributed by atoms with Crippen molar-refractivity contribution in [3.8, 4) is 5.75 Å². The zero-order chi connectivity index (χ0) is 13.9. The third-order valence-electron chi connectivity index (χ3n) is 2.89. The highest BCUT2D eigenvalue weighted by Gasteiger charge is 2.22. The van der Waals surface area contributed by atoms with Crippen LogP contribution in [0.2, 0.25) is 0 Å². The first-order valence-electron chi connectivity index (χ1n) is 5.62. The predicted octanol–water partition coefficient (Wildman–Crippen LogP) is 2.94. The molecule has 1 N–H and O–H groups in total. The van der Waals surface area contributed by atoms with E-state index in [0.717, 1.165) is 16.7 Å². The first-order chi connectivity index (χ1) is 8.45. The van der Waals surface area contributed by atoms with Gasteiger partial charge in [-0.3, -0.25) is 0 Å². The van der Waals surface area contributed by atoms with Crippen molar-refractivity contribution in [3.05, 3.63) is 25.8 Å². The number of phenols is 1. The molecule has 0 unspecified atom stereocenters. The lowest BCUT2D eigenvalue weighted by Crippen LogP contribution is -2.13. The van der Waals surface area contributed by atoms with Gasteiger partial charge in [-0.1, -0.05) is 6.92 Å². The summed E-state index contributed by atoms with van der Waals surface area (Å²) < 4.78 is 10.4. The Kier molecular flexibility index (Phi) is 5.40. The SMILES string of the molecule is CCc1c(C)c(C(=O)OCOC)c(C)c(I)c1O. The van der Waals surface area contributed by atoms with Gasteiger partial charge in [0.25, 0.3) is 0 Å². The molecule has 0 radical (unpaired) electrons. The fraction of sp³-hybridized carbons (Fsp3) is 0.462. The highest BCUT2D eigenvalue weighted by molar-refractivity contribution is 14.1. The Bertz CT molecular complexity index is 469. The van der Waals surface area contributed by atoms with E-state index in [0.29, 0.717) is 15.6 Å². The average Bonchev–Trinajstić information content (AvgIpc) is 2.34. The van der Waals surface area contributed by atoms with Gasteiger partial charge in [0.2, 0.25) is 0 Å². The quantitative estimate of drug-likeness (QED) is 0.507. The zero-order valence-electron chi connectivity index (χ0n) is 11.0. The van der Waals surface area contributed by atoms with E-state index >= 15 is 0 Å². The van der Waals surface area contributed by atoms with Crippen LogP contribution in [0.1, 0.15) is 34.0 Å². The van der Waals surface area contributed by atoms with E-state index in [4.69, 9.17) is 9.47 Å². The molecule has 18 heavy (non-hydrogen) atoms. The lowest BCUT2D eigenvalue weighted by molar-refractivity contribution is -0.0126. The van der Waals surface area contributed by atoms with Crippen LogP contribution in [-0.4, -0.2) is 25.0 Å². The van der Waals surface area contributed by atoms with Crippen LogP contribution in [0.5, 0.6) is 5.75 Å². The summed E-state index contributed by atoms with van der Waals surface area (Å²) in [5.41, 5.74) is 2.82. The molecule has 0 heterocycles. The first-order valence-corrected chi connectivity index (χ1v) is 6.70. The molecule has 0 aliphatic heterocycles. The molecule has 100 valence electrons. The van der Waals surface area contributed by atoms with Crippen molar-refractivity contribution in [1.82, 2.24) is 0 Å². The Morgan fingerprint density at radius 1 is 1.33 bits per heavy atom. The van der Waals surface area contributed by atoms with Crippen molar-refractivity contribution >= 4 is 28.6 Å². The predicted molar refractivity (Wildman–Crippen MR) is 77.0 cm³/mol. The number of halogens is 1. The third kappa shape index (κ3) is 2.77. The van der Waals surface area contributed by atoms with Crippen LogP contribution in [0.15, 0.2) is 0 Å². The number of aromatic hydroxyl groups is 1. The number of ether oxygens (including phenoxy) is 2. The smallest absolute Gasteiger partial charge is 0.340 e.